The number of halogens is 1. The van der Waals surface area contributed by atoms with E-state index in [1.165, 1.54) is 17.7 Å². The lowest BCUT2D eigenvalue weighted by molar-refractivity contribution is 0.0734. The molecular formula is C18H16FNO2. The van der Waals surface area contributed by atoms with Gasteiger partial charge in [-0.25, -0.2) is 9.18 Å². The number of nitrogens with zero attached hydrogens (tertiary/aromatic N) is 1. The van der Waals surface area contributed by atoms with E-state index in [0.29, 0.717) is 5.75 Å². The number of nitriles is 1. The Kier molecular flexibility index (Phi) is 5.26. The zero-order chi connectivity index (χ0) is 15.9. The number of ether oxygens (including phenoxy) is 1. The molecule has 0 unspecified atom stereocenters. The molecule has 0 fully saturated rings. The Morgan fingerprint density at radius 2 is 1.95 bits per heavy atom. The van der Waals surface area contributed by atoms with Crippen LogP contribution in [0.5, 0.6) is 5.75 Å². The summed E-state index contributed by atoms with van der Waals surface area (Å²) in [5.41, 5.74) is 1.16. The molecule has 0 amide bonds. The minimum Gasteiger partial charge on any atom is -0.423 e. The minimum absolute atomic E-state index is 0.0755. The van der Waals surface area contributed by atoms with Crippen LogP contribution in [0.15, 0.2) is 42.5 Å². The van der Waals surface area contributed by atoms with Crippen LogP contribution in [-0.4, -0.2) is 5.97 Å². The highest BCUT2D eigenvalue weighted by molar-refractivity contribution is 5.91. The topological polar surface area (TPSA) is 50.1 Å². The Bertz CT molecular complexity index is 702. The van der Waals surface area contributed by atoms with Crippen molar-refractivity contribution in [1.29, 1.82) is 5.26 Å². The van der Waals surface area contributed by atoms with Crippen LogP contribution in [0.4, 0.5) is 4.39 Å². The van der Waals surface area contributed by atoms with Gasteiger partial charge < -0.3 is 4.74 Å². The molecule has 0 saturated carbocycles. The average Bonchev–Trinajstić information content (AvgIpc) is 2.54. The third-order valence-corrected chi connectivity index (χ3v) is 3.28. The molecule has 0 aliphatic heterocycles. The second kappa shape index (κ2) is 7.37. The molecule has 0 heterocycles. The smallest absolute Gasteiger partial charge is 0.343 e. The lowest BCUT2D eigenvalue weighted by Gasteiger charge is -2.06. The molecule has 0 radical (unpaired) electrons. The van der Waals surface area contributed by atoms with Gasteiger partial charge in [0.2, 0.25) is 0 Å². The molecule has 0 bridgehead atoms. The fourth-order valence-corrected chi connectivity index (χ4v) is 2.00. The second-order valence-electron chi connectivity index (χ2n) is 4.94. The first-order valence-electron chi connectivity index (χ1n) is 7.15. The summed E-state index contributed by atoms with van der Waals surface area (Å²) in [6, 6.07) is 12.6. The van der Waals surface area contributed by atoms with Crippen molar-refractivity contribution in [3.8, 4) is 11.8 Å². The van der Waals surface area contributed by atoms with Gasteiger partial charge in [-0.05, 0) is 48.7 Å². The van der Waals surface area contributed by atoms with E-state index in [4.69, 9.17) is 10.00 Å². The van der Waals surface area contributed by atoms with E-state index in [1.807, 2.05) is 12.1 Å². The molecule has 0 aliphatic rings. The van der Waals surface area contributed by atoms with Crippen LogP contribution in [0.2, 0.25) is 0 Å². The number of aryl methyl sites for hydroxylation is 1. The van der Waals surface area contributed by atoms with Crippen molar-refractivity contribution in [2.75, 3.05) is 0 Å². The third kappa shape index (κ3) is 3.92. The van der Waals surface area contributed by atoms with E-state index in [9.17, 15) is 9.18 Å². The molecule has 4 heteroatoms. The first-order valence-corrected chi connectivity index (χ1v) is 7.15. The number of esters is 1. The Hall–Kier alpha value is -2.67. The SMILES string of the molecule is CCCCc1ccc(OC(=O)c2ccc(C#N)c(F)c2)cc1. The first-order chi connectivity index (χ1) is 10.6. The Balaban J connectivity index is 2.05. The standard InChI is InChI=1S/C18H16FNO2/c1-2-3-4-13-5-9-16(10-6-13)22-18(21)14-7-8-15(12-20)17(19)11-14/h5-11H,2-4H2,1H3. The van der Waals surface area contributed by atoms with E-state index in [0.717, 1.165) is 25.3 Å². The Morgan fingerprint density at radius 1 is 1.23 bits per heavy atom. The molecule has 0 spiro atoms. The number of rotatable bonds is 5. The van der Waals surface area contributed by atoms with E-state index >= 15 is 0 Å². The zero-order valence-corrected chi connectivity index (χ0v) is 12.3. The Labute approximate surface area is 129 Å². The monoisotopic (exact) mass is 297 g/mol. The van der Waals surface area contributed by atoms with Crippen molar-refractivity contribution in [1.82, 2.24) is 0 Å². The van der Waals surface area contributed by atoms with Crippen molar-refractivity contribution in [3.05, 3.63) is 65.0 Å². The molecule has 0 aromatic heterocycles. The highest BCUT2D eigenvalue weighted by Crippen LogP contribution is 2.17. The molecule has 22 heavy (non-hydrogen) atoms. The van der Waals surface area contributed by atoms with Crippen LogP contribution in [0.1, 0.15) is 41.3 Å². The molecule has 0 aliphatic carbocycles. The van der Waals surface area contributed by atoms with Gasteiger partial charge in [-0.2, -0.15) is 5.26 Å². The number of hydrogen-bond acceptors (Lipinski definition) is 3. The summed E-state index contributed by atoms with van der Waals surface area (Å²) in [7, 11) is 0. The van der Waals surface area contributed by atoms with Gasteiger partial charge in [0.05, 0.1) is 11.1 Å². The van der Waals surface area contributed by atoms with Gasteiger partial charge in [-0.1, -0.05) is 25.5 Å². The maximum Gasteiger partial charge on any atom is 0.343 e. The highest BCUT2D eigenvalue weighted by atomic mass is 19.1. The molecule has 2 rings (SSSR count). The van der Waals surface area contributed by atoms with Crippen LogP contribution in [-0.2, 0) is 6.42 Å². The van der Waals surface area contributed by atoms with E-state index < -0.39 is 11.8 Å². The zero-order valence-electron chi connectivity index (χ0n) is 12.3. The number of carbonyl (C=O) groups excluding carboxylic acids is 1. The summed E-state index contributed by atoms with van der Waals surface area (Å²) in [5, 5.41) is 8.66. The lowest BCUT2D eigenvalue weighted by atomic mass is 10.1. The first kappa shape index (κ1) is 15.7. The van der Waals surface area contributed by atoms with Gasteiger partial charge in [-0.3, -0.25) is 0 Å². The van der Waals surface area contributed by atoms with Crippen LogP contribution in [0, 0.1) is 17.1 Å². The molecule has 3 nitrogen and oxygen atoms in total. The number of hydrogen-bond donors (Lipinski definition) is 0. The van der Waals surface area contributed by atoms with Gasteiger partial charge in [0.1, 0.15) is 17.6 Å². The van der Waals surface area contributed by atoms with Crippen molar-refractivity contribution >= 4 is 5.97 Å². The van der Waals surface area contributed by atoms with E-state index in [2.05, 4.69) is 6.92 Å². The summed E-state index contributed by atoms with van der Waals surface area (Å²) in [6.45, 7) is 2.13. The van der Waals surface area contributed by atoms with Crippen LogP contribution in [0.3, 0.4) is 0 Å². The fraction of sp³-hybridized carbons (Fsp3) is 0.222. The number of unbranched alkanes of at least 4 members (excludes halogenated alkanes) is 1. The molecule has 2 aromatic carbocycles. The summed E-state index contributed by atoms with van der Waals surface area (Å²) < 4.78 is 18.7. The van der Waals surface area contributed by atoms with Crippen LogP contribution in [0.25, 0.3) is 0 Å². The third-order valence-electron chi connectivity index (χ3n) is 3.28. The fourth-order valence-electron chi connectivity index (χ4n) is 2.00. The normalized spacial score (nSPS) is 10.0. The summed E-state index contributed by atoms with van der Waals surface area (Å²) in [4.78, 5) is 12.0. The van der Waals surface area contributed by atoms with E-state index in [-0.39, 0.29) is 11.1 Å². The number of carbonyl (C=O) groups is 1. The predicted molar refractivity (Wildman–Crippen MR) is 81.1 cm³/mol. The average molecular weight is 297 g/mol. The maximum absolute atomic E-state index is 13.5. The summed E-state index contributed by atoms with van der Waals surface area (Å²) in [5.74, 6) is -0.966. The molecule has 0 N–H and O–H groups in total. The van der Waals surface area contributed by atoms with E-state index in [1.54, 1.807) is 18.2 Å². The van der Waals surface area contributed by atoms with Crippen LogP contribution >= 0.6 is 0 Å². The molecule has 0 saturated heterocycles. The van der Waals surface area contributed by atoms with Crippen molar-refractivity contribution < 1.29 is 13.9 Å². The lowest BCUT2D eigenvalue weighted by Crippen LogP contribution is -2.09. The maximum atomic E-state index is 13.5. The molecule has 2 aromatic rings. The minimum atomic E-state index is -0.730. The van der Waals surface area contributed by atoms with Crippen molar-refractivity contribution in [3.63, 3.8) is 0 Å². The molecular weight excluding hydrogens is 281 g/mol. The largest absolute Gasteiger partial charge is 0.423 e. The quantitative estimate of drug-likeness (QED) is 0.612. The molecule has 0 atom stereocenters. The van der Waals surface area contributed by atoms with Gasteiger partial charge in [0.15, 0.2) is 0 Å². The summed E-state index contributed by atoms with van der Waals surface area (Å²) in [6.07, 6.45) is 3.23. The predicted octanol–water partition coefficient (Wildman–Crippen LogP) is 4.26. The van der Waals surface area contributed by atoms with Gasteiger partial charge in [0, 0.05) is 0 Å². The van der Waals surface area contributed by atoms with Gasteiger partial charge in [0.25, 0.3) is 0 Å². The van der Waals surface area contributed by atoms with Gasteiger partial charge in [-0.15, -0.1) is 0 Å². The molecule has 112 valence electrons. The van der Waals surface area contributed by atoms with Gasteiger partial charge >= 0.3 is 5.97 Å². The van der Waals surface area contributed by atoms with Crippen molar-refractivity contribution in [2.24, 2.45) is 0 Å². The number of benzene rings is 2. The Morgan fingerprint density at radius 3 is 2.55 bits per heavy atom. The van der Waals surface area contributed by atoms with Crippen LogP contribution < -0.4 is 4.74 Å². The summed E-state index contributed by atoms with van der Waals surface area (Å²) >= 11 is 0. The second-order valence-corrected chi connectivity index (χ2v) is 4.94. The highest BCUT2D eigenvalue weighted by Gasteiger charge is 2.12. The van der Waals surface area contributed by atoms with Crippen molar-refractivity contribution in [2.45, 2.75) is 26.2 Å².